The van der Waals surface area contributed by atoms with Crippen LogP contribution in [0.25, 0.3) is 0 Å². The minimum Gasteiger partial charge on any atom is -0.384 e. The van der Waals surface area contributed by atoms with Crippen LogP contribution in [0.3, 0.4) is 0 Å². The van der Waals surface area contributed by atoms with Gasteiger partial charge in [-0.2, -0.15) is 0 Å². The summed E-state index contributed by atoms with van der Waals surface area (Å²) in [6.07, 6.45) is -1.18. The Kier molecular flexibility index (Phi) is 2.43. The lowest BCUT2D eigenvalue weighted by Crippen LogP contribution is -2.48. The Balaban J connectivity index is 1.90. The first kappa shape index (κ1) is 11.9. The monoisotopic (exact) mass is 330 g/mol. The highest BCUT2D eigenvalue weighted by Gasteiger charge is 2.44. The number of amides is 1. The molecule has 2 N–H and O–H groups in total. The second-order valence-corrected chi connectivity index (χ2v) is 5.87. The molecule has 1 amide bonds. The zero-order chi connectivity index (χ0) is 13.9. The van der Waals surface area contributed by atoms with Crippen molar-refractivity contribution in [3.8, 4) is 0 Å². The number of rotatable bonds is 0. The normalized spacial score (nSPS) is 22.9. The number of aliphatic hydroxyl groups excluding tert-OH is 1. The van der Waals surface area contributed by atoms with Crippen molar-refractivity contribution in [2.75, 3.05) is 10.2 Å². The smallest absolute Gasteiger partial charge is 0.262 e. The number of aliphatic hydroxyl groups is 1. The molecule has 0 saturated heterocycles. The van der Waals surface area contributed by atoms with Crippen molar-refractivity contribution in [1.82, 2.24) is 0 Å². The van der Waals surface area contributed by atoms with Crippen LogP contribution in [-0.2, 0) is 0 Å². The van der Waals surface area contributed by atoms with Gasteiger partial charge < -0.3 is 10.4 Å². The topological polar surface area (TPSA) is 52.6 Å². The molecule has 0 aromatic heterocycles. The molecule has 0 spiro atoms. The van der Waals surface area contributed by atoms with Gasteiger partial charge in [0.25, 0.3) is 5.91 Å². The number of benzene rings is 2. The van der Waals surface area contributed by atoms with E-state index in [1.165, 1.54) is 0 Å². The molecule has 0 aliphatic carbocycles. The van der Waals surface area contributed by atoms with E-state index in [9.17, 15) is 9.90 Å². The highest BCUT2D eigenvalue weighted by molar-refractivity contribution is 9.10. The van der Waals surface area contributed by atoms with Gasteiger partial charge in [0.15, 0.2) is 0 Å². The lowest BCUT2D eigenvalue weighted by Gasteiger charge is -2.34. The minimum atomic E-state index is -0.736. The molecule has 0 radical (unpaired) electrons. The van der Waals surface area contributed by atoms with Crippen LogP contribution < -0.4 is 10.2 Å². The van der Waals surface area contributed by atoms with Crippen LogP contribution in [0.15, 0.2) is 46.9 Å². The first-order valence-electron chi connectivity index (χ1n) is 6.33. The Bertz CT molecular complexity index is 732. The molecule has 2 aliphatic rings. The third kappa shape index (κ3) is 1.47. The molecular weight excluding hydrogens is 320 g/mol. The third-order valence-corrected chi connectivity index (χ3v) is 4.32. The fourth-order valence-electron chi connectivity index (χ4n) is 2.91. The average Bonchev–Trinajstić information content (AvgIpc) is 2.73. The van der Waals surface area contributed by atoms with Gasteiger partial charge in [-0.05, 0) is 30.3 Å². The van der Waals surface area contributed by atoms with Crippen molar-refractivity contribution >= 4 is 33.2 Å². The predicted molar refractivity (Wildman–Crippen MR) is 79.8 cm³/mol. The maximum atomic E-state index is 12.7. The fraction of sp³-hybridized carbons (Fsp3) is 0.133. The van der Waals surface area contributed by atoms with Gasteiger partial charge in [-0.15, -0.1) is 0 Å². The van der Waals surface area contributed by atoms with E-state index in [0.717, 1.165) is 21.4 Å². The second-order valence-electron chi connectivity index (χ2n) is 4.96. The summed E-state index contributed by atoms with van der Waals surface area (Å²) >= 11 is 3.40. The maximum absolute atomic E-state index is 12.7. The average molecular weight is 331 g/mol. The van der Waals surface area contributed by atoms with Crippen molar-refractivity contribution in [1.29, 1.82) is 0 Å². The number of halogens is 1. The lowest BCUT2D eigenvalue weighted by atomic mass is 10.1. The number of hydrogen-bond acceptors (Lipinski definition) is 3. The first-order chi connectivity index (χ1) is 9.66. The van der Waals surface area contributed by atoms with E-state index in [4.69, 9.17) is 0 Å². The number of fused-ring (bicyclic) bond motifs is 4. The summed E-state index contributed by atoms with van der Waals surface area (Å²) in [5.74, 6) is -0.0792. The van der Waals surface area contributed by atoms with Crippen LogP contribution in [-0.4, -0.2) is 17.2 Å². The summed E-state index contributed by atoms with van der Waals surface area (Å²) in [6.45, 7) is 0. The van der Waals surface area contributed by atoms with Crippen LogP contribution in [0.2, 0.25) is 0 Å². The van der Waals surface area contributed by atoms with Gasteiger partial charge >= 0.3 is 0 Å². The SMILES string of the molecule is O=C1c2ccccc2N[C@H]2[C@@H](O)c3cc(Br)ccc3N12. The fourth-order valence-corrected chi connectivity index (χ4v) is 3.29. The quantitative estimate of drug-likeness (QED) is 0.780. The Morgan fingerprint density at radius 2 is 2.00 bits per heavy atom. The van der Waals surface area contributed by atoms with E-state index < -0.39 is 12.3 Å². The number of carbonyl (C=O) groups excluding carboxylic acids is 1. The molecule has 0 unspecified atom stereocenters. The van der Waals surface area contributed by atoms with Gasteiger partial charge in [0.1, 0.15) is 12.3 Å². The molecular formula is C15H11BrN2O2. The third-order valence-electron chi connectivity index (χ3n) is 3.82. The van der Waals surface area contributed by atoms with E-state index in [1.54, 1.807) is 11.0 Å². The van der Waals surface area contributed by atoms with E-state index in [2.05, 4.69) is 21.2 Å². The largest absolute Gasteiger partial charge is 0.384 e. The van der Waals surface area contributed by atoms with Crippen LogP contribution in [0.4, 0.5) is 11.4 Å². The Morgan fingerprint density at radius 1 is 1.20 bits per heavy atom. The van der Waals surface area contributed by atoms with Crippen LogP contribution in [0.1, 0.15) is 22.0 Å². The van der Waals surface area contributed by atoms with Gasteiger partial charge in [0, 0.05) is 15.7 Å². The second kappa shape index (κ2) is 4.07. The first-order valence-corrected chi connectivity index (χ1v) is 7.13. The van der Waals surface area contributed by atoms with Gasteiger partial charge in [-0.3, -0.25) is 9.69 Å². The molecule has 2 aliphatic heterocycles. The zero-order valence-corrected chi connectivity index (χ0v) is 12.0. The van der Waals surface area contributed by atoms with Gasteiger partial charge in [0.05, 0.1) is 11.3 Å². The molecule has 2 aromatic rings. The molecule has 4 rings (SSSR count). The number of nitrogens with zero attached hydrogens (tertiary/aromatic N) is 1. The molecule has 2 atom stereocenters. The van der Waals surface area contributed by atoms with Crippen LogP contribution in [0.5, 0.6) is 0 Å². The van der Waals surface area contributed by atoms with E-state index in [1.807, 2.05) is 36.4 Å². The van der Waals surface area contributed by atoms with Crippen molar-refractivity contribution in [2.45, 2.75) is 12.3 Å². The standard InChI is InChI=1S/C15H11BrN2O2/c16-8-5-6-12-10(7-8)13(19)14-17-11-4-2-1-3-9(11)15(20)18(12)14/h1-7,13-14,17,19H/t13-,14+/m0/s1. The summed E-state index contributed by atoms with van der Waals surface area (Å²) in [5, 5.41) is 13.7. The van der Waals surface area contributed by atoms with E-state index in [-0.39, 0.29) is 5.91 Å². The molecule has 5 heteroatoms. The van der Waals surface area contributed by atoms with Gasteiger partial charge in [-0.1, -0.05) is 28.1 Å². The Labute approximate surface area is 124 Å². The minimum absolute atomic E-state index is 0.0792. The van der Waals surface area contributed by atoms with Crippen molar-refractivity contribution < 1.29 is 9.90 Å². The summed E-state index contributed by atoms with van der Waals surface area (Å²) in [7, 11) is 0. The number of hydrogen-bond donors (Lipinski definition) is 2. The number of nitrogens with one attached hydrogen (secondary N) is 1. The molecule has 2 heterocycles. The summed E-state index contributed by atoms with van der Waals surface area (Å²) in [5.41, 5.74) is 2.92. The van der Waals surface area contributed by atoms with Crippen molar-refractivity contribution in [3.05, 3.63) is 58.1 Å². The van der Waals surface area contributed by atoms with Crippen LogP contribution in [0, 0.1) is 0 Å². The molecule has 4 nitrogen and oxygen atoms in total. The summed E-state index contributed by atoms with van der Waals surface area (Å²) in [4.78, 5) is 14.3. The van der Waals surface area contributed by atoms with Gasteiger partial charge in [-0.25, -0.2) is 0 Å². The van der Waals surface area contributed by atoms with E-state index in [0.29, 0.717) is 5.56 Å². The Morgan fingerprint density at radius 3 is 2.85 bits per heavy atom. The van der Waals surface area contributed by atoms with Crippen molar-refractivity contribution in [2.24, 2.45) is 0 Å². The van der Waals surface area contributed by atoms with Crippen LogP contribution >= 0.6 is 15.9 Å². The number of anilines is 2. The molecule has 20 heavy (non-hydrogen) atoms. The maximum Gasteiger partial charge on any atom is 0.262 e. The molecule has 2 aromatic carbocycles. The highest BCUT2D eigenvalue weighted by atomic mass is 79.9. The Hall–Kier alpha value is -1.85. The van der Waals surface area contributed by atoms with Crippen molar-refractivity contribution in [3.63, 3.8) is 0 Å². The zero-order valence-electron chi connectivity index (χ0n) is 10.4. The molecule has 0 saturated carbocycles. The summed E-state index contributed by atoms with van der Waals surface area (Å²) < 4.78 is 0.889. The predicted octanol–water partition coefficient (Wildman–Crippen LogP) is 2.89. The van der Waals surface area contributed by atoms with Gasteiger partial charge in [0.2, 0.25) is 0 Å². The molecule has 0 bridgehead atoms. The highest BCUT2D eigenvalue weighted by Crippen LogP contribution is 2.44. The number of para-hydroxylation sites is 1. The summed E-state index contributed by atoms with van der Waals surface area (Å²) in [6, 6.07) is 13.0. The molecule has 0 fully saturated rings. The lowest BCUT2D eigenvalue weighted by molar-refractivity contribution is 0.0941. The number of carbonyl (C=O) groups is 1. The van der Waals surface area contributed by atoms with E-state index >= 15 is 0 Å². The molecule has 100 valence electrons.